The summed E-state index contributed by atoms with van der Waals surface area (Å²) < 4.78 is 5.37. The van der Waals surface area contributed by atoms with Crippen LogP contribution in [0.1, 0.15) is 11.4 Å². The monoisotopic (exact) mass is 336 g/mol. The van der Waals surface area contributed by atoms with Gasteiger partial charge in [0.15, 0.2) is 5.82 Å². The molecule has 2 aromatic heterocycles. The summed E-state index contributed by atoms with van der Waals surface area (Å²) in [5.74, 6) is 2.34. The number of aromatic nitrogens is 3. The van der Waals surface area contributed by atoms with E-state index in [0.717, 1.165) is 59.2 Å². The van der Waals surface area contributed by atoms with Crippen LogP contribution in [0, 0.1) is 6.92 Å². The highest BCUT2D eigenvalue weighted by molar-refractivity contribution is 5.88. The van der Waals surface area contributed by atoms with Gasteiger partial charge in [0.25, 0.3) is 0 Å². The highest BCUT2D eigenvalue weighted by Crippen LogP contribution is 2.27. The van der Waals surface area contributed by atoms with E-state index < -0.39 is 0 Å². The van der Waals surface area contributed by atoms with Crippen molar-refractivity contribution in [3.8, 4) is 5.75 Å². The number of H-pyrrole nitrogens is 1. The largest absolute Gasteiger partial charge is 0.497 e. The van der Waals surface area contributed by atoms with Gasteiger partial charge in [-0.15, -0.1) is 0 Å². The molecular weight excluding hydrogens is 316 g/mol. The summed E-state index contributed by atoms with van der Waals surface area (Å²) in [5, 5.41) is 12.6. The van der Waals surface area contributed by atoms with Crippen LogP contribution in [-0.4, -0.2) is 46.6 Å². The summed E-state index contributed by atoms with van der Waals surface area (Å²) in [6, 6.07) is 10.0. The molecule has 3 heterocycles. The fourth-order valence-corrected chi connectivity index (χ4v) is 2.96. The molecule has 0 unspecified atom stereocenters. The molecule has 0 saturated heterocycles. The van der Waals surface area contributed by atoms with Crippen molar-refractivity contribution in [3.05, 3.63) is 41.7 Å². The number of aryl methyl sites for hydroxylation is 1. The lowest BCUT2D eigenvalue weighted by atomic mass is 10.1. The van der Waals surface area contributed by atoms with Gasteiger partial charge in [0.05, 0.1) is 32.2 Å². The molecule has 0 amide bonds. The van der Waals surface area contributed by atoms with Gasteiger partial charge in [-0.2, -0.15) is 5.10 Å². The van der Waals surface area contributed by atoms with Crippen LogP contribution in [0.3, 0.4) is 0 Å². The molecule has 25 heavy (non-hydrogen) atoms. The zero-order chi connectivity index (χ0) is 17.2. The Bertz CT molecular complexity index is 932. The Kier molecular flexibility index (Phi) is 3.97. The summed E-state index contributed by atoms with van der Waals surface area (Å²) in [5.41, 5.74) is 2.00. The number of hydrogen-bond acceptors (Lipinski definition) is 6. The van der Waals surface area contributed by atoms with Gasteiger partial charge in [-0.3, -0.25) is 10.1 Å². The van der Waals surface area contributed by atoms with E-state index in [1.54, 1.807) is 7.11 Å². The van der Waals surface area contributed by atoms with E-state index in [4.69, 9.17) is 9.72 Å². The average molecular weight is 336 g/mol. The lowest BCUT2D eigenvalue weighted by molar-refractivity contribution is 0.415. The van der Waals surface area contributed by atoms with Crippen LogP contribution in [0.2, 0.25) is 0 Å². The maximum Gasteiger partial charge on any atom is 0.153 e. The van der Waals surface area contributed by atoms with E-state index in [9.17, 15) is 0 Å². The van der Waals surface area contributed by atoms with E-state index >= 15 is 0 Å². The number of aliphatic imine (C=N–C) groups is 1. The molecule has 0 atom stereocenters. The Morgan fingerprint density at radius 1 is 1.24 bits per heavy atom. The summed E-state index contributed by atoms with van der Waals surface area (Å²) in [7, 11) is 1.68. The van der Waals surface area contributed by atoms with Gasteiger partial charge in [-0.1, -0.05) is 0 Å². The van der Waals surface area contributed by atoms with E-state index in [-0.39, 0.29) is 0 Å². The first kappa shape index (κ1) is 15.4. The van der Waals surface area contributed by atoms with Crippen molar-refractivity contribution in [1.82, 2.24) is 20.1 Å². The van der Waals surface area contributed by atoms with E-state index in [1.807, 2.05) is 37.5 Å². The predicted molar refractivity (Wildman–Crippen MR) is 98.7 cm³/mol. The molecule has 7 nitrogen and oxygen atoms in total. The highest BCUT2D eigenvalue weighted by atomic mass is 16.5. The van der Waals surface area contributed by atoms with Crippen molar-refractivity contribution in [1.29, 1.82) is 0 Å². The van der Waals surface area contributed by atoms with Gasteiger partial charge >= 0.3 is 0 Å². The molecule has 2 N–H and O–H groups in total. The third kappa shape index (κ3) is 3.26. The Labute approximate surface area is 145 Å². The zero-order valence-corrected chi connectivity index (χ0v) is 14.3. The first-order chi connectivity index (χ1) is 12.2. The van der Waals surface area contributed by atoms with Crippen LogP contribution in [0.15, 0.2) is 35.3 Å². The van der Waals surface area contributed by atoms with Crippen molar-refractivity contribution in [2.24, 2.45) is 4.99 Å². The average Bonchev–Trinajstić information content (AvgIpc) is 3.26. The predicted octanol–water partition coefficient (Wildman–Crippen LogP) is 2.86. The molecule has 1 aliphatic rings. The first-order valence-corrected chi connectivity index (χ1v) is 8.22. The molecule has 0 radical (unpaired) electrons. The highest BCUT2D eigenvalue weighted by Gasteiger charge is 2.13. The fraction of sp³-hybridized carbons (Fsp3) is 0.278. The summed E-state index contributed by atoms with van der Waals surface area (Å²) >= 11 is 0. The smallest absolute Gasteiger partial charge is 0.153 e. The minimum Gasteiger partial charge on any atom is -0.497 e. The van der Waals surface area contributed by atoms with Gasteiger partial charge in [-0.25, -0.2) is 4.98 Å². The van der Waals surface area contributed by atoms with Crippen LogP contribution in [0.25, 0.3) is 10.8 Å². The number of hydrogen-bond donors (Lipinski definition) is 2. The molecule has 4 rings (SSSR count). The molecule has 0 bridgehead atoms. The number of nitrogens with zero attached hydrogens (tertiary/aromatic N) is 4. The number of rotatable bonds is 5. The van der Waals surface area contributed by atoms with Gasteiger partial charge in [-0.05, 0) is 36.6 Å². The number of anilines is 2. The second kappa shape index (κ2) is 6.43. The van der Waals surface area contributed by atoms with Crippen LogP contribution < -0.4 is 10.1 Å². The van der Waals surface area contributed by atoms with Crippen molar-refractivity contribution < 1.29 is 4.74 Å². The fourth-order valence-electron chi connectivity index (χ4n) is 2.96. The Hall–Kier alpha value is -3.09. The summed E-state index contributed by atoms with van der Waals surface area (Å²) in [4.78, 5) is 11.3. The Morgan fingerprint density at radius 2 is 2.16 bits per heavy atom. The number of fused-ring (bicyclic) bond motifs is 1. The lowest BCUT2D eigenvalue weighted by Crippen LogP contribution is -2.20. The topological polar surface area (TPSA) is 78.4 Å². The molecule has 0 fully saturated rings. The van der Waals surface area contributed by atoms with Crippen molar-refractivity contribution >= 4 is 28.7 Å². The summed E-state index contributed by atoms with van der Waals surface area (Å²) in [6.07, 6.45) is 1.90. The summed E-state index contributed by atoms with van der Waals surface area (Å²) in [6.45, 7) is 4.46. The van der Waals surface area contributed by atoms with Crippen molar-refractivity contribution in [2.45, 2.75) is 13.5 Å². The number of benzene rings is 1. The van der Waals surface area contributed by atoms with Crippen molar-refractivity contribution in [2.75, 3.05) is 25.5 Å². The molecule has 3 aromatic rings. The molecular formula is C18H20N6O. The molecule has 1 aliphatic heterocycles. The van der Waals surface area contributed by atoms with Crippen molar-refractivity contribution in [3.63, 3.8) is 0 Å². The second-order valence-electron chi connectivity index (χ2n) is 6.09. The minimum absolute atomic E-state index is 0.724. The van der Waals surface area contributed by atoms with Crippen LogP contribution >= 0.6 is 0 Å². The molecule has 0 aliphatic carbocycles. The number of nitrogens with one attached hydrogen (secondary N) is 2. The third-order valence-corrected chi connectivity index (χ3v) is 4.19. The zero-order valence-electron chi connectivity index (χ0n) is 14.3. The number of methoxy groups -OCH3 is 1. The maximum absolute atomic E-state index is 5.37. The van der Waals surface area contributed by atoms with Gasteiger partial charge in [0, 0.05) is 23.7 Å². The number of aromatic amines is 1. The quantitative estimate of drug-likeness (QED) is 0.749. The van der Waals surface area contributed by atoms with Gasteiger partial charge in [0.1, 0.15) is 11.6 Å². The molecule has 0 saturated carbocycles. The van der Waals surface area contributed by atoms with E-state index in [1.165, 1.54) is 0 Å². The number of ether oxygens (including phenoxy) is 1. The van der Waals surface area contributed by atoms with Gasteiger partial charge < -0.3 is 15.0 Å². The SMILES string of the molecule is COc1ccc2c(CN3C=NCC3)nc(Nc3cc(C)[nH]n3)cc2c1. The lowest BCUT2D eigenvalue weighted by Gasteiger charge is -2.16. The first-order valence-electron chi connectivity index (χ1n) is 8.22. The second-order valence-corrected chi connectivity index (χ2v) is 6.09. The van der Waals surface area contributed by atoms with E-state index in [2.05, 4.69) is 31.5 Å². The van der Waals surface area contributed by atoms with E-state index in [0.29, 0.717) is 0 Å². The van der Waals surface area contributed by atoms with Crippen LogP contribution in [-0.2, 0) is 6.54 Å². The normalized spacial score (nSPS) is 13.6. The third-order valence-electron chi connectivity index (χ3n) is 4.19. The van der Waals surface area contributed by atoms with Crippen LogP contribution in [0.4, 0.5) is 11.6 Å². The van der Waals surface area contributed by atoms with Gasteiger partial charge in [0.2, 0.25) is 0 Å². The number of pyridine rings is 1. The molecule has 0 spiro atoms. The Balaban J connectivity index is 1.74. The minimum atomic E-state index is 0.724. The van der Waals surface area contributed by atoms with Crippen LogP contribution in [0.5, 0.6) is 5.75 Å². The molecule has 7 heteroatoms. The maximum atomic E-state index is 5.37. The molecule has 128 valence electrons. The Morgan fingerprint density at radius 3 is 2.88 bits per heavy atom. The molecule has 1 aromatic carbocycles. The standard InChI is InChI=1S/C18H20N6O/c1-12-7-18(23-22-12)21-17-9-13-8-14(25-2)3-4-15(13)16(20-17)10-24-6-5-19-11-24/h3-4,7-9,11H,5-6,10H2,1-2H3,(H2,20,21,22,23).